The van der Waals surface area contributed by atoms with Gasteiger partial charge in [-0.3, -0.25) is 9.36 Å². The third-order valence-electron chi connectivity index (χ3n) is 7.35. The number of ether oxygens (including phenoxy) is 3. The van der Waals surface area contributed by atoms with Crippen molar-refractivity contribution >= 4 is 23.4 Å². The summed E-state index contributed by atoms with van der Waals surface area (Å²) in [6.45, 7) is 4.27. The number of allylic oxidation sites excluding steroid dienone is 1. The summed E-state index contributed by atoms with van der Waals surface area (Å²) in [4.78, 5) is 32.3. The Kier molecular flexibility index (Phi) is 7.99. The van der Waals surface area contributed by atoms with Crippen LogP contribution in [0.1, 0.15) is 31.0 Å². The normalized spacial score (nSPS) is 14.6. The molecule has 44 heavy (non-hydrogen) atoms. The van der Waals surface area contributed by atoms with Gasteiger partial charge in [-0.25, -0.2) is 14.5 Å². The molecule has 0 N–H and O–H groups in total. The van der Waals surface area contributed by atoms with Gasteiger partial charge in [0.05, 0.1) is 48.4 Å². The Balaban J connectivity index is 1.53. The van der Waals surface area contributed by atoms with E-state index in [2.05, 4.69) is 4.99 Å². The zero-order valence-electron chi connectivity index (χ0n) is 24.7. The summed E-state index contributed by atoms with van der Waals surface area (Å²) in [5.41, 5.74) is 4.50. The summed E-state index contributed by atoms with van der Waals surface area (Å²) in [5, 5.41) is 4.91. The summed E-state index contributed by atoms with van der Waals surface area (Å²) < 4.78 is 19.9. The van der Waals surface area contributed by atoms with Crippen LogP contribution < -0.4 is 24.4 Å². The number of aromatic nitrogens is 3. The topological polar surface area (TPSA) is 96.9 Å². The SMILES string of the molecule is CCOc1ccc(-c2nn(-c3ccccc3)cc2C=c2sc3n(c2=O)C(c2ccc(OC)cc2)C(C(=O)OC)=C(C)N=3)cc1. The number of nitrogens with zero attached hydrogens (tertiary/aromatic N) is 4. The van der Waals surface area contributed by atoms with Crippen LogP contribution in [-0.4, -0.2) is 41.1 Å². The molecule has 0 fully saturated rings. The number of hydrogen-bond acceptors (Lipinski definition) is 8. The van der Waals surface area contributed by atoms with Crippen LogP contribution in [0, 0.1) is 0 Å². The maximum atomic E-state index is 14.2. The lowest BCUT2D eigenvalue weighted by molar-refractivity contribution is -0.136. The van der Waals surface area contributed by atoms with Crippen LogP contribution >= 0.6 is 11.3 Å². The van der Waals surface area contributed by atoms with Crippen LogP contribution in [0.3, 0.4) is 0 Å². The van der Waals surface area contributed by atoms with E-state index < -0.39 is 12.0 Å². The average Bonchev–Trinajstić information content (AvgIpc) is 3.61. The highest BCUT2D eigenvalue weighted by Gasteiger charge is 2.33. The van der Waals surface area contributed by atoms with E-state index in [0.717, 1.165) is 28.1 Å². The average molecular weight is 607 g/mol. The Morgan fingerprint density at radius 2 is 1.68 bits per heavy atom. The van der Waals surface area contributed by atoms with Crippen molar-refractivity contribution in [2.75, 3.05) is 20.8 Å². The third-order valence-corrected chi connectivity index (χ3v) is 8.33. The quantitative estimate of drug-likeness (QED) is 0.238. The molecule has 0 saturated heterocycles. The van der Waals surface area contributed by atoms with Crippen molar-refractivity contribution < 1.29 is 19.0 Å². The third kappa shape index (κ3) is 5.35. The van der Waals surface area contributed by atoms with E-state index in [1.165, 1.54) is 18.4 Å². The first kappa shape index (κ1) is 28.9. The highest BCUT2D eigenvalue weighted by Crippen LogP contribution is 2.32. The van der Waals surface area contributed by atoms with Crippen LogP contribution in [0.2, 0.25) is 0 Å². The zero-order chi connectivity index (χ0) is 30.8. The maximum absolute atomic E-state index is 14.2. The minimum absolute atomic E-state index is 0.270. The summed E-state index contributed by atoms with van der Waals surface area (Å²) in [6, 6.07) is 24.1. The van der Waals surface area contributed by atoms with Gasteiger partial charge in [-0.15, -0.1) is 0 Å². The number of carbonyl (C=O) groups excluding carboxylic acids is 1. The molecule has 10 heteroatoms. The molecule has 1 atom stereocenters. The van der Waals surface area contributed by atoms with Gasteiger partial charge >= 0.3 is 5.97 Å². The molecule has 3 heterocycles. The first-order chi connectivity index (χ1) is 21.4. The maximum Gasteiger partial charge on any atom is 0.338 e. The number of thiazole rings is 1. The van der Waals surface area contributed by atoms with E-state index in [4.69, 9.17) is 19.3 Å². The Hall–Kier alpha value is -5.22. The lowest BCUT2D eigenvalue weighted by Crippen LogP contribution is -2.39. The van der Waals surface area contributed by atoms with Crippen LogP contribution in [0.15, 0.2) is 106 Å². The number of rotatable bonds is 8. The predicted molar refractivity (Wildman–Crippen MR) is 169 cm³/mol. The fraction of sp³-hybridized carbons (Fsp3) is 0.176. The number of benzene rings is 3. The number of esters is 1. The lowest BCUT2D eigenvalue weighted by atomic mass is 9.96. The molecule has 0 bridgehead atoms. The molecule has 1 unspecified atom stereocenters. The Morgan fingerprint density at radius 1 is 0.977 bits per heavy atom. The smallest absolute Gasteiger partial charge is 0.338 e. The minimum atomic E-state index is -0.718. The molecule has 0 spiro atoms. The first-order valence-electron chi connectivity index (χ1n) is 14.0. The van der Waals surface area contributed by atoms with Crippen LogP contribution in [-0.2, 0) is 9.53 Å². The summed E-state index contributed by atoms with van der Waals surface area (Å²) in [5.74, 6) is 0.894. The fourth-order valence-corrected chi connectivity index (χ4v) is 6.28. The van der Waals surface area contributed by atoms with Gasteiger partial charge in [-0.2, -0.15) is 5.10 Å². The van der Waals surface area contributed by atoms with Crippen molar-refractivity contribution in [3.63, 3.8) is 0 Å². The Bertz CT molecular complexity index is 2040. The molecule has 0 saturated carbocycles. The molecule has 9 nitrogen and oxygen atoms in total. The van der Waals surface area contributed by atoms with Crippen LogP contribution in [0.25, 0.3) is 23.0 Å². The molecule has 0 amide bonds. The van der Waals surface area contributed by atoms with Gasteiger partial charge in [0.1, 0.15) is 17.2 Å². The van der Waals surface area contributed by atoms with Crippen molar-refractivity contribution in [3.05, 3.63) is 127 Å². The number of fused-ring (bicyclic) bond motifs is 1. The molecule has 0 radical (unpaired) electrons. The molecule has 3 aromatic carbocycles. The van der Waals surface area contributed by atoms with Crippen molar-refractivity contribution in [3.8, 4) is 28.4 Å². The van der Waals surface area contributed by atoms with Gasteiger partial charge < -0.3 is 14.2 Å². The Labute approximate surface area is 257 Å². The second-order valence-electron chi connectivity index (χ2n) is 10.0. The van der Waals surface area contributed by atoms with Gasteiger partial charge in [-0.1, -0.05) is 41.7 Å². The van der Waals surface area contributed by atoms with Gasteiger partial charge in [0.2, 0.25) is 0 Å². The van der Waals surface area contributed by atoms with Crippen molar-refractivity contribution in [2.24, 2.45) is 4.99 Å². The molecule has 5 aromatic rings. The summed E-state index contributed by atoms with van der Waals surface area (Å²) >= 11 is 1.27. The molecule has 2 aromatic heterocycles. The largest absolute Gasteiger partial charge is 0.497 e. The lowest BCUT2D eigenvalue weighted by Gasteiger charge is -2.24. The molecule has 1 aliphatic rings. The second kappa shape index (κ2) is 12.2. The van der Waals surface area contributed by atoms with Crippen molar-refractivity contribution in [2.45, 2.75) is 19.9 Å². The monoisotopic (exact) mass is 606 g/mol. The first-order valence-corrected chi connectivity index (χ1v) is 14.9. The summed E-state index contributed by atoms with van der Waals surface area (Å²) in [7, 11) is 2.91. The van der Waals surface area contributed by atoms with Crippen molar-refractivity contribution in [1.29, 1.82) is 0 Å². The van der Waals surface area contributed by atoms with E-state index in [1.807, 2.05) is 85.9 Å². The molecule has 222 valence electrons. The van der Waals surface area contributed by atoms with E-state index in [9.17, 15) is 9.59 Å². The predicted octanol–water partition coefficient (Wildman–Crippen LogP) is 4.67. The summed E-state index contributed by atoms with van der Waals surface area (Å²) in [6.07, 6.45) is 3.75. The van der Waals surface area contributed by atoms with E-state index in [0.29, 0.717) is 38.7 Å². The van der Waals surface area contributed by atoms with Crippen LogP contribution in [0.4, 0.5) is 0 Å². The fourth-order valence-electron chi connectivity index (χ4n) is 5.24. The highest BCUT2D eigenvalue weighted by atomic mass is 32.1. The number of methoxy groups -OCH3 is 2. The van der Waals surface area contributed by atoms with Crippen molar-refractivity contribution in [1.82, 2.24) is 14.3 Å². The van der Waals surface area contributed by atoms with Gasteiger partial charge in [-0.05, 0) is 74.0 Å². The van der Waals surface area contributed by atoms with E-state index in [-0.39, 0.29) is 5.56 Å². The number of carbonyl (C=O) groups is 1. The Morgan fingerprint density at radius 3 is 2.34 bits per heavy atom. The number of hydrogen-bond donors (Lipinski definition) is 0. The van der Waals surface area contributed by atoms with Gasteiger partial charge in [0.15, 0.2) is 4.80 Å². The number of para-hydroxylation sites is 1. The highest BCUT2D eigenvalue weighted by molar-refractivity contribution is 7.07. The van der Waals surface area contributed by atoms with Crippen LogP contribution in [0.5, 0.6) is 11.5 Å². The molecule has 0 aliphatic carbocycles. The zero-order valence-corrected chi connectivity index (χ0v) is 25.5. The van der Waals surface area contributed by atoms with Gasteiger partial charge in [0.25, 0.3) is 5.56 Å². The molecular weight excluding hydrogens is 576 g/mol. The van der Waals surface area contributed by atoms with E-state index in [1.54, 1.807) is 35.4 Å². The standard InChI is InChI=1S/C34H30N4O5S/c1-5-43-27-17-11-22(12-18-27)30-24(20-37(36-30)25-9-7-6-8-10-25)19-28-32(39)38-31(23-13-15-26(41-3)16-14-23)29(33(40)42-4)21(2)35-34(38)44-28/h6-20,31H,5H2,1-4H3. The van der Waals surface area contributed by atoms with Gasteiger partial charge in [0, 0.05) is 17.3 Å². The molecule has 6 rings (SSSR count). The molecule has 1 aliphatic heterocycles. The minimum Gasteiger partial charge on any atom is -0.497 e. The van der Waals surface area contributed by atoms with E-state index >= 15 is 0 Å². The molecular formula is C34H30N4O5S. The second-order valence-corrected chi connectivity index (χ2v) is 11.0.